The Hall–Kier alpha value is -2.44. The molecule has 2 aromatic rings. The fourth-order valence-electron chi connectivity index (χ4n) is 1.43. The number of rotatable bonds is 1. The number of nitro groups is 1. The van der Waals surface area contributed by atoms with E-state index in [4.69, 9.17) is 0 Å². The summed E-state index contributed by atoms with van der Waals surface area (Å²) >= 11 is 0. The zero-order valence-electron chi connectivity index (χ0n) is 8.25. The summed E-state index contributed by atoms with van der Waals surface area (Å²) in [4.78, 5) is 25.1. The van der Waals surface area contributed by atoms with Crippen molar-refractivity contribution in [1.29, 1.82) is 0 Å². The lowest BCUT2D eigenvalue weighted by Crippen LogP contribution is -2.16. The molecule has 2 aromatic heterocycles. The van der Waals surface area contributed by atoms with Gasteiger partial charge in [0, 0.05) is 18.5 Å². The molecule has 0 saturated heterocycles. The quantitative estimate of drug-likeness (QED) is 0.560. The number of nitrogens with zero attached hydrogens (tertiary/aromatic N) is 3. The normalized spacial score (nSPS) is 10.6. The van der Waals surface area contributed by atoms with E-state index in [-0.39, 0.29) is 11.3 Å². The van der Waals surface area contributed by atoms with E-state index in [2.05, 4.69) is 4.98 Å². The van der Waals surface area contributed by atoms with Crippen molar-refractivity contribution in [3.05, 3.63) is 38.8 Å². The van der Waals surface area contributed by atoms with Crippen LogP contribution in [0.25, 0.3) is 11.0 Å². The molecule has 0 atom stereocenters. The average molecular weight is 221 g/mol. The maximum atomic E-state index is 11.3. The van der Waals surface area contributed by atoms with E-state index in [9.17, 15) is 20.0 Å². The van der Waals surface area contributed by atoms with Gasteiger partial charge in [0.05, 0.1) is 4.92 Å². The van der Waals surface area contributed by atoms with Gasteiger partial charge in [-0.15, -0.1) is 0 Å². The fourth-order valence-corrected chi connectivity index (χ4v) is 1.43. The molecule has 2 rings (SSSR count). The van der Waals surface area contributed by atoms with Gasteiger partial charge in [-0.1, -0.05) is 0 Å². The molecule has 7 heteroatoms. The zero-order valence-corrected chi connectivity index (χ0v) is 8.25. The van der Waals surface area contributed by atoms with Crippen LogP contribution in [0.4, 0.5) is 5.69 Å². The largest absolute Gasteiger partial charge is 0.503 e. The molecule has 0 aliphatic rings. The highest BCUT2D eigenvalue weighted by atomic mass is 16.6. The van der Waals surface area contributed by atoms with E-state index in [0.717, 1.165) is 16.8 Å². The number of aromatic nitrogens is 2. The van der Waals surface area contributed by atoms with E-state index < -0.39 is 16.2 Å². The zero-order chi connectivity index (χ0) is 11.9. The molecule has 7 nitrogen and oxygen atoms in total. The molecule has 0 fully saturated rings. The van der Waals surface area contributed by atoms with E-state index >= 15 is 0 Å². The lowest BCUT2D eigenvalue weighted by molar-refractivity contribution is -0.385. The molecule has 0 spiro atoms. The summed E-state index contributed by atoms with van der Waals surface area (Å²) in [6.07, 6.45) is 1.07. The standard InChI is InChI=1S/C9H7N3O4/c1-11-8-5(3-7(13)9(11)14)2-6(4-10-8)12(15)16/h2-4,13H,1H3. The van der Waals surface area contributed by atoms with Crippen LogP contribution in [0, 0.1) is 10.1 Å². The van der Waals surface area contributed by atoms with E-state index in [1.807, 2.05) is 0 Å². The average Bonchev–Trinajstić information content (AvgIpc) is 2.25. The monoisotopic (exact) mass is 221 g/mol. The van der Waals surface area contributed by atoms with Crippen LogP contribution in [0.2, 0.25) is 0 Å². The summed E-state index contributed by atoms with van der Waals surface area (Å²) in [5.41, 5.74) is -0.493. The second-order valence-corrected chi connectivity index (χ2v) is 3.26. The fraction of sp³-hybridized carbons (Fsp3) is 0.111. The number of hydrogen-bond acceptors (Lipinski definition) is 5. The Morgan fingerprint density at radius 1 is 1.50 bits per heavy atom. The summed E-state index contributed by atoms with van der Waals surface area (Å²) in [7, 11) is 1.43. The molecule has 0 saturated carbocycles. The van der Waals surface area contributed by atoms with Crippen molar-refractivity contribution in [2.45, 2.75) is 0 Å². The summed E-state index contributed by atoms with van der Waals surface area (Å²) in [6, 6.07) is 2.42. The van der Waals surface area contributed by atoms with Crippen LogP contribution in [0.1, 0.15) is 0 Å². The Kier molecular flexibility index (Phi) is 2.08. The predicted octanol–water partition coefficient (Wildman–Crippen LogP) is 0.547. The minimum atomic E-state index is -0.589. The van der Waals surface area contributed by atoms with E-state index in [0.29, 0.717) is 5.39 Å². The van der Waals surface area contributed by atoms with Gasteiger partial charge in [0.1, 0.15) is 11.8 Å². The summed E-state index contributed by atoms with van der Waals surface area (Å²) in [6.45, 7) is 0. The van der Waals surface area contributed by atoms with Gasteiger partial charge in [0.25, 0.3) is 11.2 Å². The van der Waals surface area contributed by atoms with Gasteiger partial charge in [-0.3, -0.25) is 19.5 Å². The molecular weight excluding hydrogens is 214 g/mol. The Labute approximate surface area is 88.7 Å². The Bertz CT molecular complexity index is 647. The first-order valence-corrected chi connectivity index (χ1v) is 4.34. The first-order valence-electron chi connectivity index (χ1n) is 4.34. The molecule has 0 bridgehead atoms. The molecule has 82 valence electrons. The maximum absolute atomic E-state index is 11.3. The molecular formula is C9H7N3O4. The van der Waals surface area contributed by atoms with Gasteiger partial charge in [0.15, 0.2) is 5.75 Å². The van der Waals surface area contributed by atoms with Gasteiger partial charge < -0.3 is 5.11 Å². The predicted molar refractivity (Wildman–Crippen MR) is 55.3 cm³/mol. The van der Waals surface area contributed by atoms with Crippen molar-refractivity contribution < 1.29 is 10.0 Å². The molecule has 0 aromatic carbocycles. The summed E-state index contributed by atoms with van der Waals surface area (Å²) in [5.74, 6) is -0.461. The van der Waals surface area contributed by atoms with Gasteiger partial charge in [-0.25, -0.2) is 4.98 Å². The number of aryl methyl sites for hydroxylation is 1. The highest BCUT2D eigenvalue weighted by molar-refractivity contribution is 5.78. The maximum Gasteiger partial charge on any atom is 0.294 e. The SMILES string of the molecule is Cn1c(=O)c(O)cc2cc([N+](=O)[O-])cnc21. The van der Waals surface area contributed by atoms with Crippen molar-refractivity contribution in [2.24, 2.45) is 7.05 Å². The lowest BCUT2D eigenvalue weighted by atomic mass is 10.2. The van der Waals surface area contributed by atoms with E-state index in [1.54, 1.807) is 0 Å². The molecule has 0 aliphatic heterocycles. The first-order chi connectivity index (χ1) is 7.50. The highest BCUT2D eigenvalue weighted by Crippen LogP contribution is 2.19. The smallest absolute Gasteiger partial charge is 0.294 e. The minimum Gasteiger partial charge on any atom is -0.503 e. The summed E-state index contributed by atoms with van der Waals surface area (Å²) in [5, 5.41) is 20.2. The Balaban J connectivity index is 2.86. The number of aromatic hydroxyl groups is 1. The van der Waals surface area contributed by atoms with Crippen LogP contribution in [0.15, 0.2) is 23.1 Å². The van der Waals surface area contributed by atoms with Crippen LogP contribution in [-0.4, -0.2) is 19.6 Å². The van der Waals surface area contributed by atoms with Crippen LogP contribution in [-0.2, 0) is 7.05 Å². The van der Waals surface area contributed by atoms with Crippen LogP contribution < -0.4 is 5.56 Å². The molecule has 0 radical (unpaired) electrons. The highest BCUT2D eigenvalue weighted by Gasteiger charge is 2.11. The minimum absolute atomic E-state index is 0.189. The second kappa shape index (κ2) is 3.30. The number of hydrogen-bond donors (Lipinski definition) is 1. The lowest BCUT2D eigenvalue weighted by Gasteiger charge is -2.03. The molecule has 0 aliphatic carbocycles. The third-order valence-electron chi connectivity index (χ3n) is 2.23. The second-order valence-electron chi connectivity index (χ2n) is 3.26. The van der Waals surface area contributed by atoms with Crippen molar-refractivity contribution >= 4 is 16.7 Å². The van der Waals surface area contributed by atoms with Crippen molar-refractivity contribution in [3.8, 4) is 5.75 Å². The topological polar surface area (TPSA) is 98.3 Å². The molecule has 1 N–H and O–H groups in total. The van der Waals surface area contributed by atoms with E-state index in [1.165, 1.54) is 13.1 Å². The van der Waals surface area contributed by atoms with Crippen molar-refractivity contribution in [3.63, 3.8) is 0 Å². The molecule has 2 heterocycles. The molecule has 16 heavy (non-hydrogen) atoms. The summed E-state index contributed by atoms with van der Waals surface area (Å²) < 4.78 is 1.13. The van der Waals surface area contributed by atoms with Crippen molar-refractivity contribution in [2.75, 3.05) is 0 Å². The van der Waals surface area contributed by atoms with Gasteiger partial charge in [-0.2, -0.15) is 0 Å². The third kappa shape index (κ3) is 1.38. The van der Waals surface area contributed by atoms with Crippen LogP contribution in [0.5, 0.6) is 5.75 Å². The molecule has 0 amide bonds. The van der Waals surface area contributed by atoms with Gasteiger partial charge in [-0.05, 0) is 6.07 Å². The van der Waals surface area contributed by atoms with Crippen LogP contribution in [0.3, 0.4) is 0 Å². The third-order valence-corrected chi connectivity index (χ3v) is 2.23. The molecule has 0 unspecified atom stereocenters. The number of fused-ring (bicyclic) bond motifs is 1. The Morgan fingerprint density at radius 2 is 2.19 bits per heavy atom. The van der Waals surface area contributed by atoms with Gasteiger partial charge >= 0.3 is 0 Å². The van der Waals surface area contributed by atoms with Crippen LogP contribution >= 0.6 is 0 Å². The van der Waals surface area contributed by atoms with Crippen molar-refractivity contribution in [1.82, 2.24) is 9.55 Å². The Morgan fingerprint density at radius 3 is 2.81 bits per heavy atom. The first kappa shape index (κ1) is 10.1. The number of pyridine rings is 2. The van der Waals surface area contributed by atoms with Gasteiger partial charge in [0.2, 0.25) is 0 Å².